The molecule has 2 N–H and O–H groups in total. The summed E-state index contributed by atoms with van der Waals surface area (Å²) in [6.07, 6.45) is 5.69. The van der Waals surface area contributed by atoms with Gasteiger partial charge in [0.25, 0.3) is 5.89 Å². The topological polar surface area (TPSA) is 91.0 Å². The lowest BCUT2D eigenvalue weighted by Crippen LogP contribution is -2.34. The van der Waals surface area contributed by atoms with E-state index in [1.807, 2.05) is 36.4 Å². The van der Waals surface area contributed by atoms with Crippen molar-refractivity contribution in [3.8, 4) is 34.2 Å². The maximum absolute atomic E-state index is 6.48. The Morgan fingerprint density at radius 3 is 2.34 bits per heavy atom. The highest BCUT2D eigenvalue weighted by Gasteiger charge is 2.36. The second kappa shape index (κ2) is 6.97. The van der Waals surface area contributed by atoms with E-state index >= 15 is 0 Å². The summed E-state index contributed by atoms with van der Waals surface area (Å²) >= 11 is 0. The summed E-state index contributed by atoms with van der Waals surface area (Å²) in [5.41, 5.74) is 9.77. The van der Waals surface area contributed by atoms with Gasteiger partial charge in [0.05, 0.1) is 17.3 Å². The lowest BCUT2D eigenvalue weighted by molar-refractivity contribution is 0.372. The Bertz CT molecular complexity index is 1140. The normalized spacial score (nSPS) is 15.7. The zero-order valence-corrected chi connectivity index (χ0v) is 16.3. The first kappa shape index (κ1) is 17.8. The van der Waals surface area contributed by atoms with E-state index in [-0.39, 0.29) is 0 Å². The van der Waals surface area contributed by atoms with Crippen molar-refractivity contribution in [3.63, 3.8) is 0 Å². The van der Waals surface area contributed by atoms with Crippen molar-refractivity contribution >= 4 is 0 Å². The minimum atomic E-state index is -0.488. The number of benzene rings is 2. The summed E-state index contributed by atoms with van der Waals surface area (Å²) in [4.78, 5) is 9.11. The second-order valence-electron chi connectivity index (χ2n) is 7.73. The largest absolute Gasteiger partial charge is 0.436 e. The number of nitrogens with two attached hydrogens (primary N) is 1. The van der Waals surface area contributed by atoms with E-state index < -0.39 is 5.54 Å². The van der Waals surface area contributed by atoms with E-state index in [4.69, 9.17) is 14.7 Å². The van der Waals surface area contributed by atoms with E-state index in [0.29, 0.717) is 23.4 Å². The summed E-state index contributed by atoms with van der Waals surface area (Å²) in [5.74, 6) is 2.24. The molecule has 1 aliphatic rings. The standard InChI is InChI=1S/C23H22N4O2/c1-15-8-10-16(11-9-15)19-14-25-20(28-19)17-6-2-3-7-18(17)21-26-22(27-29-21)23(24)12-4-5-13-23/h2-3,6-11,14H,4-5,12-13,24H2,1H3. The molecule has 2 heterocycles. The summed E-state index contributed by atoms with van der Waals surface area (Å²) in [7, 11) is 0. The number of nitrogens with zero attached hydrogens (tertiary/aromatic N) is 3. The van der Waals surface area contributed by atoms with Crippen LogP contribution in [0.3, 0.4) is 0 Å². The fraction of sp³-hybridized carbons (Fsp3) is 0.261. The molecule has 4 aromatic rings. The van der Waals surface area contributed by atoms with Gasteiger partial charge < -0.3 is 14.7 Å². The van der Waals surface area contributed by atoms with Crippen molar-refractivity contribution in [1.29, 1.82) is 0 Å². The predicted octanol–water partition coefficient (Wildman–Crippen LogP) is 5.10. The van der Waals surface area contributed by atoms with Crippen LogP contribution in [0.5, 0.6) is 0 Å². The Kier molecular flexibility index (Phi) is 4.28. The van der Waals surface area contributed by atoms with Gasteiger partial charge in [-0.15, -0.1) is 0 Å². The SMILES string of the molecule is Cc1ccc(-c2cnc(-c3ccccc3-c3nc(C4(N)CCCC4)no3)o2)cc1. The first-order chi connectivity index (χ1) is 14.1. The van der Waals surface area contributed by atoms with Crippen LogP contribution in [-0.2, 0) is 5.54 Å². The van der Waals surface area contributed by atoms with Crippen molar-refractivity contribution in [2.45, 2.75) is 38.1 Å². The second-order valence-corrected chi connectivity index (χ2v) is 7.73. The zero-order chi connectivity index (χ0) is 19.8. The summed E-state index contributed by atoms with van der Waals surface area (Å²) in [6.45, 7) is 2.06. The van der Waals surface area contributed by atoms with Gasteiger partial charge in [-0.05, 0) is 31.9 Å². The fourth-order valence-electron chi connectivity index (χ4n) is 3.87. The fourth-order valence-corrected chi connectivity index (χ4v) is 3.87. The molecule has 2 aromatic heterocycles. The smallest absolute Gasteiger partial charge is 0.258 e. The van der Waals surface area contributed by atoms with Gasteiger partial charge in [0, 0.05) is 11.1 Å². The summed E-state index contributed by atoms with van der Waals surface area (Å²) in [6, 6.07) is 15.9. The van der Waals surface area contributed by atoms with Crippen LogP contribution in [0.25, 0.3) is 34.2 Å². The van der Waals surface area contributed by atoms with Gasteiger partial charge in [-0.1, -0.05) is 60.0 Å². The molecule has 1 aliphatic carbocycles. The molecule has 6 heteroatoms. The average Bonchev–Trinajstić information content (AvgIpc) is 3.50. The van der Waals surface area contributed by atoms with Crippen LogP contribution in [-0.4, -0.2) is 15.1 Å². The predicted molar refractivity (Wildman–Crippen MR) is 110 cm³/mol. The van der Waals surface area contributed by atoms with Crippen molar-refractivity contribution in [1.82, 2.24) is 15.1 Å². The van der Waals surface area contributed by atoms with Gasteiger partial charge in [-0.25, -0.2) is 4.98 Å². The first-order valence-corrected chi connectivity index (χ1v) is 9.88. The third-order valence-corrected chi connectivity index (χ3v) is 5.60. The number of rotatable bonds is 4. The number of hydrogen-bond donors (Lipinski definition) is 1. The number of aryl methyl sites for hydroxylation is 1. The molecule has 0 unspecified atom stereocenters. The average molecular weight is 386 g/mol. The Hall–Kier alpha value is -3.25. The Morgan fingerprint density at radius 2 is 1.62 bits per heavy atom. The van der Waals surface area contributed by atoms with Crippen LogP contribution >= 0.6 is 0 Å². The van der Waals surface area contributed by atoms with E-state index in [0.717, 1.165) is 42.4 Å². The molecule has 1 fully saturated rings. The van der Waals surface area contributed by atoms with Crippen LogP contribution in [0.4, 0.5) is 0 Å². The van der Waals surface area contributed by atoms with E-state index in [2.05, 4.69) is 34.2 Å². The van der Waals surface area contributed by atoms with Crippen molar-refractivity contribution < 1.29 is 8.94 Å². The van der Waals surface area contributed by atoms with Gasteiger partial charge in [0.15, 0.2) is 11.6 Å². The summed E-state index contributed by atoms with van der Waals surface area (Å²) in [5, 5.41) is 4.18. The quantitative estimate of drug-likeness (QED) is 0.525. The highest BCUT2D eigenvalue weighted by atomic mass is 16.5. The van der Waals surface area contributed by atoms with Crippen LogP contribution in [0, 0.1) is 6.92 Å². The minimum Gasteiger partial charge on any atom is -0.436 e. The molecular formula is C23H22N4O2. The highest BCUT2D eigenvalue weighted by Crippen LogP contribution is 2.37. The zero-order valence-electron chi connectivity index (χ0n) is 16.3. The molecule has 0 amide bonds. The molecular weight excluding hydrogens is 364 g/mol. The molecule has 0 bridgehead atoms. The molecule has 29 heavy (non-hydrogen) atoms. The first-order valence-electron chi connectivity index (χ1n) is 9.88. The van der Waals surface area contributed by atoms with Crippen molar-refractivity contribution in [3.05, 3.63) is 66.1 Å². The molecule has 1 saturated carbocycles. The monoisotopic (exact) mass is 386 g/mol. The lowest BCUT2D eigenvalue weighted by Gasteiger charge is -2.17. The van der Waals surface area contributed by atoms with Crippen LogP contribution in [0.15, 0.2) is 63.7 Å². The molecule has 0 atom stereocenters. The van der Waals surface area contributed by atoms with Crippen molar-refractivity contribution in [2.24, 2.45) is 5.73 Å². The molecule has 0 radical (unpaired) electrons. The third kappa shape index (κ3) is 3.25. The summed E-state index contributed by atoms with van der Waals surface area (Å²) < 4.78 is 11.6. The number of hydrogen-bond acceptors (Lipinski definition) is 6. The van der Waals surface area contributed by atoms with Gasteiger partial charge in [0.1, 0.15) is 0 Å². The molecule has 2 aromatic carbocycles. The number of aromatic nitrogens is 3. The van der Waals surface area contributed by atoms with Crippen LogP contribution in [0.2, 0.25) is 0 Å². The van der Waals surface area contributed by atoms with E-state index in [9.17, 15) is 0 Å². The number of oxazole rings is 1. The maximum Gasteiger partial charge on any atom is 0.258 e. The van der Waals surface area contributed by atoms with Gasteiger partial charge in [-0.2, -0.15) is 4.98 Å². The lowest BCUT2D eigenvalue weighted by atomic mass is 9.98. The molecule has 5 rings (SSSR count). The Labute approximate surface area is 168 Å². The highest BCUT2D eigenvalue weighted by molar-refractivity contribution is 5.76. The molecule has 6 nitrogen and oxygen atoms in total. The Morgan fingerprint density at radius 1 is 0.931 bits per heavy atom. The van der Waals surface area contributed by atoms with E-state index in [1.54, 1.807) is 6.20 Å². The van der Waals surface area contributed by atoms with Gasteiger partial charge in [-0.3, -0.25) is 0 Å². The van der Waals surface area contributed by atoms with Gasteiger partial charge in [0.2, 0.25) is 5.89 Å². The van der Waals surface area contributed by atoms with Crippen LogP contribution < -0.4 is 5.73 Å². The molecule has 0 spiro atoms. The molecule has 0 saturated heterocycles. The Balaban J connectivity index is 1.51. The van der Waals surface area contributed by atoms with Crippen LogP contribution in [0.1, 0.15) is 37.1 Å². The molecule has 0 aliphatic heterocycles. The van der Waals surface area contributed by atoms with Gasteiger partial charge >= 0.3 is 0 Å². The molecule has 146 valence electrons. The third-order valence-electron chi connectivity index (χ3n) is 5.60. The van der Waals surface area contributed by atoms with Crippen molar-refractivity contribution in [2.75, 3.05) is 0 Å². The maximum atomic E-state index is 6.48. The van der Waals surface area contributed by atoms with E-state index in [1.165, 1.54) is 5.56 Å². The minimum absolute atomic E-state index is 0.433.